The smallest absolute Gasteiger partial charge is 0.370 e. The minimum absolute atomic E-state index is 0.127. The molecule has 0 amide bonds. The van der Waals surface area contributed by atoms with E-state index in [9.17, 15) is 26.5 Å². The molecule has 0 spiro atoms. The molecule has 1 aliphatic rings. The quantitative estimate of drug-likeness (QED) is 0.623. The third-order valence-corrected chi connectivity index (χ3v) is 4.12. The second-order valence-electron chi connectivity index (χ2n) is 4.61. The van der Waals surface area contributed by atoms with Gasteiger partial charge in [0.15, 0.2) is 16.2 Å². The van der Waals surface area contributed by atoms with Crippen molar-refractivity contribution < 1.29 is 31.3 Å². The normalized spacial score (nSPS) is 16.1. The molecule has 21 heavy (non-hydrogen) atoms. The molecule has 0 heterocycles. The van der Waals surface area contributed by atoms with Crippen LogP contribution in [0.25, 0.3) is 6.08 Å². The number of fused-ring (bicyclic) bond motifs is 1. The van der Waals surface area contributed by atoms with Crippen molar-refractivity contribution in [1.29, 1.82) is 0 Å². The number of carbonyl (C=O) groups excluding carboxylic acids is 1. The fourth-order valence-corrected chi connectivity index (χ4v) is 2.37. The maximum absolute atomic E-state index is 13.2. The van der Waals surface area contributed by atoms with Crippen LogP contribution < -0.4 is 0 Å². The van der Waals surface area contributed by atoms with Crippen molar-refractivity contribution in [2.24, 2.45) is 0 Å². The van der Waals surface area contributed by atoms with Gasteiger partial charge in [0.25, 0.3) is 0 Å². The Morgan fingerprint density at radius 1 is 1.38 bits per heavy atom. The van der Waals surface area contributed by atoms with Gasteiger partial charge in [0.05, 0.1) is 0 Å². The second kappa shape index (κ2) is 5.19. The van der Waals surface area contributed by atoms with Gasteiger partial charge in [0.1, 0.15) is 0 Å². The van der Waals surface area contributed by atoms with Crippen LogP contribution in [0.5, 0.6) is 0 Å². The van der Waals surface area contributed by atoms with Crippen LogP contribution in [0.1, 0.15) is 18.1 Å². The molecule has 0 saturated heterocycles. The zero-order valence-electron chi connectivity index (χ0n) is 10.9. The highest BCUT2D eigenvalue weighted by molar-refractivity contribution is 7.86. The number of ether oxygens (including phenoxy) is 1. The van der Waals surface area contributed by atoms with E-state index in [2.05, 4.69) is 4.74 Å². The van der Waals surface area contributed by atoms with Crippen molar-refractivity contribution in [1.82, 2.24) is 0 Å². The Morgan fingerprint density at radius 2 is 2.00 bits per heavy atom. The van der Waals surface area contributed by atoms with Crippen LogP contribution in [0.2, 0.25) is 0 Å². The van der Waals surface area contributed by atoms with Crippen molar-refractivity contribution >= 4 is 22.2 Å². The lowest BCUT2D eigenvalue weighted by molar-refractivity contribution is -0.154. The highest BCUT2D eigenvalue weighted by Crippen LogP contribution is 2.30. The van der Waals surface area contributed by atoms with Crippen molar-refractivity contribution in [3.63, 3.8) is 0 Å². The molecule has 8 heteroatoms. The topological polar surface area (TPSA) is 83.5 Å². The number of rotatable bonds is 4. The molecule has 0 saturated carbocycles. The predicted molar refractivity (Wildman–Crippen MR) is 68.3 cm³/mol. The fourth-order valence-electron chi connectivity index (χ4n) is 1.92. The maximum atomic E-state index is 13.2. The molecule has 0 radical (unpaired) electrons. The Hall–Kier alpha value is -1.80. The van der Waals surface area contributed by atoms with Crippen molar-refractivity contribution in [3.05, 3.63) is 41.0 Å². The van der Waals surface area contributed by atoms with Gasteiger partial charge in [-0.1, -0.05) is 24.3 Å². The average molecular weight is 317 g/mol. The van der Waals surface area contributed by atoms with Gasteiger partial charge in [-0.3, -0.25) is 0 Å². The van der Waals surface area contributed by atoms with E-state index in [-0.39, 0.29) is 12.0 Å². The number of carbonyl (C=O) groups is 1. The number of hydrogen-bond donors (Lipinski definition) is 0. The third kappa shape index (κ3) is 2.96. The van der Waals surface area contributed by atoms with Crippen LogP contribution >= 0.6 is 0 Å². The van der Waals surface area contributed by atoms with Gasteiger partial charge >= 0.3 is 11.2 Å². The number of halogens is 2. The minimum atomic E-state index is -5.90. The third-order valence-electron chi connectivity index (χ3n) is 3.12. The lowest BCUT2D eigenvalue weighted by atomic mass is 10.1. The number of hydrogen-bond acceptors (Lipinski definition) is 5. The summed E-state index contributed by atoms with van der Waals surface area (Å²) < 4.78 is 62.3. The van der Waals surface area contributed by atoms with E-state index in [4.69, 9.17) is 0 Å². The highest BCUT2D eigenvalue weighted by atomic mass is 32.2. The molecule has 1 aromatic carbocycles. The molecule has 0 bridgehead atoms. The van der Waals surface area contributed by atoms with E-state index in [1.165, 1.54) is 6.08 Å². The van der Waals surface area contributed by atoms with E-state index >= 15 is 0 Å². The van der Waals surface area contributed by atoms with E-state index in [0.29, 0.717) is 6.92 Å². The Morgan fingerprint density at radius 3 is 2.57 bits per heavy atom. The van der Waals surface area contributed by atoms with Crippen LogP contribution in [0.3, 0.4) is 0 Å². The van der Waals surface area contributed by atoms with Crippen LogP contribution in [0.15, 0.2) is 29.8 Å². The maximum Gasteiger partial charge on any atom is 0.370 e. The van der Waals surface area contributed by atoms with Crippen LogP contribution in [-0.4, -0.2) is 30.3 Å². The molecule has 5 nitrogen and oxygen atoms in total. The Kier molecular flexibility index (Phi) is 3.85. The van der Waals surface area contributed by atoms with E-state index < -0.39 is 27.4 Å². The second-order valence-corrected chi connectivity index (χ2v) is 6.06. The van der Waals surface area contributed by atoms with E-state index in [1.54, 1.807) is 24.3 Å². The van der Waals surface area contributed by atoms with Gasteiger partial charge in [-0.25, -0.2) is 13.2 Å². The summed E-state index contributed by atoms with van der Waals surface area (Å²) in [5.41, 5.74) is 1.72. The first-order valence-corrected chi connectivity index (χ1v) is 7.36. The van der Waals surface area contributed by atoms with Gasteiger partial charge < -0.3 is 9.29 Å². The predicted octanol–water partition coefficient (Wildman–Crippen LogP) is 1.70. The lowest BCUT2D eigenvalue weighted by Crippen LogP contribution is -2.42. The first-order chi connectivity index (χ1) is 9.63. The Labute approximate surface area is 120 Å². The summed E-state index contributed by atoms with van der Waals surface area (Å²) in [6, 6.07) is 7.04. The van der Waals surface area contributed by atoms with Gasteiger partial charge in [-0.15, -0.1) is 0 Å². The van der Waals surface area contributed by atoms with Crippen LogP contribution in [0, 0.1) is 0 Å². The fraction of sp³-hybridized carbons (Fsp3) is 0.308. The van der Waals surface area contributed by atoms with Crippen molar-refractivity contribution in [3.8, 4) is 0 Å². The number of benzene rings is 1. The Bertz CT molecular complexity index is 709. The van der Waals surface area contributed by atoms with Gasteiger partial charge in [-0.05, 0) is 24.1 Å². The molecule has 2 rings (SSSR count). The molecule has 1 unspecified atom stereocenters. The summed E-state index contributed by atoms with van der Waals surface area (Å²) in [6.07, 6.45) is -0.678. The number of esters is 1. The summed E-state index contributed by atoms with van der Waals surface area (Å²) in [7, 11) is -5.90. The highest BCUT2D eigenvalue weighted by Gasteiger charge is 2.46. The largest absolute Gasteiger partial charge is 0.743 e. The zero-order valence-corrected chi connectivity index (χ0v) is 11.7. The van der Waals surface area contributed by atoms with Gasteiger partial charge in [-0.2, -0.15) is 8.78 Å². The lowest BCUT2D eigenvalue weighted by Gasteiger charge is -2.25. The van der Waals surface area contributed by atoms with Crippen LogP contribution in [-0.2, 0) is 26.1 Å². The van der Waals surface area contributed by atoms with E-state index in [0.717, 1.165) is 11.1 Å². The first-order valence-electron chi connectivity index (χ1n) is 5.95. The summed E-state index contributed by atoms with van der Waals surface area (Å²) in [5, 5.41) is -4.67. The van der Waals surface area contributed by atoms with E-state index in [1.807, 2.05) is 0 Å². The minimum Gasteiger partial charge on any atom is -0.743 e. The molecular formula is C13H11F2O5S-. The molecule has 0 N–H and O–H groups in total. The van der Waals surface area contributed by atoms with Crippen molar-refractivity contribution in [2.45, 2.75) is 24.7 Å². The monoisotopic (exact) mass is 317 g/mol. The summed E-state index contributed by atoms with van der Waals surface area (Å²) in [6.45, 7) is 0.663. The van der Waals surface area contributed by atoms with Gasteiger partial charge in [0, 0.05) is 12.0 Å². The molecule has 1 aliphatic carbocycles. The Balaban J connectivity index is 2.11. The zero-order chi connectivity index (χ0) is 15.8. The standard InChI is InChI=1S/C13H12F2O5S/c1-8(13(14,15)21(17,18)19)20-12(16)11-6-9-4-2-3-5-10(9)7-11/h2-6,8H,7H2,1H3,(H,17,18,19)/p-1. The molecule has 1 atom stereocenters. The summed E-state index contributed by atoms with van der Waals surface area (Å²) in [4.78, 5) is 11.8. The summed E-state index contributed by atoms with van der Waals surface area (Å²) in [5.74, 6) is -1.07. The number of alkyl halides is 2. The average Bonchev–Trinajstić information content (AvgIpc) is 2.80. The van der Waals surface area contributed by atoms with Crippen LogP contribution in [0.4, 0.5) is 8.78 Å². The molecule has 1 aromatic rings. The molecule has 0 fully saturated rings. The first kappa shape index (κ1) is 15.6. The van der Waals surface area contributed by atoms with Crippen molar-refractivity contribution in [2.75, 3.05) is 0 Å². The molecular weight excluding hydrogens is 306 g/mol. The SMILES string of the molecule is CC(OC(=O)C1=Cc2ccccc2C1)C(F)(F)S(=O)(=O)[O-]. The summed E-state index contributed by atoms with van der Waals surface area (Å²) >= 11 is 0. The molecule has 114 valence electrons. The van der Waals surface area contributed by atoms with Gasteiger partial charge in [0.2, 0.25) is 0 Å². The molecule has 0 aromatic heterocycles. The molecule has 0 aliphatic heterocycles.